The summed E-state index contributed by atoms with van der Waals surface area (Å²) in [7, 11) is -2.74. The summed E-state index contributed by atoms with van der Waals surface area (Å²) in [5.41, 5.74) is 0. The largest absolute Gasteiger partial charge is 0.316 e. The van der Waals surface area contributed by atoms with E-state index in [9.17, 15) is 8.42 Å². The Morgan fingerprint density at radius 3 is 2.73 bits per heavy atom. The highest BCUT2D eigenvalue weighted by Gasteiger charge is 2.15. The Balaban J connectivity index is 2.22. The molecule has 0 spiro atoms. The Labute approximate surface area is 68.1 Å². The molecule has 0 radical (unpaired) electrons. The minimum absolute atomic E-state index is 0.347. The molecule has 1 aliphatic rings. The van der Waals surface area contributed by atoms with Crippen LogP contribution in [-0.4, -0.2) is 33.5 Å². The van der Waals surface area contributed by atoms with Crippen molar-refractivity contribution in [1.29, 1.82) is 0 Å². The fourth-order valence-electron chi connectivity index (χ4n) is 1.34. The van der Waals surface area contributed by atoms with Crippen LogP contribution in [0.3, 0.4) is 0 Å². The van der Waals surface area contributed by atoms with Gasteiger partial charge in [-0.1, -0.05) is 0 Å². The van der Waals surface area contributed by atoms with Gasteiger partial charge in [-0.05, 0) is 31.8 Å². The van der Waals surface area contributed by atoms with Gasteiger partial charge in [-0.25, -0.2) is 8.42 Å². The summed E-state index contributed by atoms with van der Waals surface area (Å²) in [5, 5.41) is 3.21. The smallest absolute Gasteiger partial charge is 0.147 e. The van der Waals surface area contributed by atoms with Crippen LogP contribution in [0.5, 0.6) is 0 Å². The van der Waals surface area contributed by atoms with Gasteiger partial charge in [0, 0.05) is 6.26 Å². The number of nitrogens with one attached hydrogen (secondary N) is 1. The van der Waals surface area contributed by atoms with Crippen LogP contribution in [0.25, 0.3) is 0 Å². The van der Waals surface area contributed by atoms with Gasteiger partial charge in [0.15, 0.2) is 0 Å². The van der Waals surface area contributed by atoms with E-state index in [4.69, 9.17) is 0 Å². The summed E-state index contributed by atoms with van der Waals surface area (Å²) in [6, 6.07) is 0. The van der Waals surface area contributed by atoms with Crippen LogP contribution in [0.1, 0.15) is 12.8 Å². The van der Waals surface area contributed by atoms with E-state index < -0.39 is 9.84 Å². The molecule has 1 rings (SSSR count). The minimum Gasteiger partial charge on any atom is -0.316 e. The van der Waals surface area contributed by atoms with Gasteiger partial charge in [-0.3, -0.25) is 0 Å². The summed E-state index contributed by atoms with van der Waals surface area (Å²) in [6.45, 7) is 2.05. The van der Waals surface area contributed by atoms with Gasteiger partial charge in [0.1, 0.15) is 9.84 Å². The Morgan fingerprint density at radius 2 is 2.27 bits per heavy atom. The lowest BCUT2D eigenvalue weighted by Crippen LogP contribution is -2.12. The van der Waals surface area contributed by atoms with Crippen LogP contribution >= 0.6 is 0 Å². The molecule has 1 atom stereocenters. The molecule has 0 aromatic carbocycles. The summed E-state index contributed by atoms with van der Waals surface area (Å²) in [4.78, 5) is 0. The predicted molar refractivity (Wildman–Crippen MR) is 45.3 cm³/mol. The first kappa shape index (κ1) is 9.00. The van der Waals surface area contributed by atoms with E-state index >= 15 is 0 Å². The third kappa shape index (κ3) is 3.72. The van der Waals surface area contributed by atoms with E-state index in [0.29, 0.717) is 11.7 Å². The number of sulfone groups is 1. The average Bonchev–Trinajstić information content (AvgIpc) is 2.32. The molecule has 0 bridgehead atoms. The molecule has 1 N–H and O–H groups in total. The zero-order valence-corrected chi connectivity index (χ0v) is 7.65. The molecule has 1 saturated heterocycles. The Hall–Kier alpha value is -0.0900. The van der Waals surface area contributed by atoms with Crippen molar-refractivity contribution in [1.82, 2.24) is 5.32 Å². The lowest BCUT2D eigenvalue weighted by Gasteiger charge is -2.05. The van der Waals surface area contributed by atoms with Crippen molar-refractivity contribution in [3.05, 3.63) is 0 Å². The first-order chi connectivity index (χ1) is 5.08. The maximum atomic E-state index is 10.8. The maximum Gasteiger partial charge on any atom is 0.147 e. The quantitative estimate of drug-likeness (QED) is 0.661. The molecule has 0 aromatic rings. The monoisotopic (exact) mass is 177 g/mol. The van der Waals surface area contributed by atoms with Gasteiger partial charge >= 0.3 is 0 Å². The second kappa shape index (κ2) is 3.54. The second-order valence-electron chi connectivity index (χ2n) is 3.28. The van der Waals surface area contributed by atoms with Crippen molar-refractivity contribution in [2.24, 2.45) is 5.92 Å². The zero-order valence-electron chi connectivity index (χ0n) is 6.84. The summed E-state index contributed by atoms with van der Waals surface area (Å²) in [6.07, 6.45) is 3.26. The summed E-state index contributed by atoms with van der Waals surface area (Å²) >= 11 is 0. The van der Waals surface area contributed by atoms with Crippen LogP contribution < -0.4 is 5.32 Å². The number of hydrogen-bond acceptors (Lipinski definition) is 3. The van der Waals surface area contributed by atoms with Crippen molar-refractivity contribution in [3.8, 4) is 0 Å². The van der Waals surface area contributed by atoms with Crippen molar-refractivity contribution in [2.45, 2.75) is 12.8 Å². The first-order valence-electron chi connectivity index (χ1n) is 3.96. The lowest BCUT2D eigenvalue weighted by atomic mass is 10.1. The maximum absolute atomic E-state index is 10.8. The molecule has 0 amide bonds. The van der Waals surface area contributed by atoms with E-state index in [2.05, 4.69) is 5.32 Å². The van der Waals surface area contributed by atoms with Crippen LogP contribution in [0, 0.1) is 5.92 Å². The molecule has 1 unspecified atom stereocenters. The van der Waals surface area contributed by atoms with Crippen LogP contribution in [0.2, 0.25) is 0 Å². The Bertz CT molecular complexity index is 204. The fraction of sp³-hybridized carbons (Fsp3) is 1.00. The zero-order chi connectivity index (χ0) is 8.32. The highest BCUT2D eigenvalue weighted by molar-refractivity contribution is 7.90. The van der Waals surface area contributed by atoms with Gasteiger partial charge in [0.05, 0.1) is 5.75 Å². The van der Waals surface area contributed by atoms with Crippen molar-refractivity contribution >= 4 is 9.84 Å². The van der Waals surface area contributed by atoms with Crippen molar-refractivity contribution < 1.29 is 8.42 Å². The highest BCUT2D eigenvalue weighted by Crippen LogP contribution is 2.12. The third-order valence-electron chi connectivity index (χ3n) is 2.06. The van der Waals surface area contributed by atoms with Gasteiger partial charge in [-0.2, -0.15) is 0 Å². The van der Waals surface area contributed by atoms with Crippen LogP contribution in [0.4, 0.5) is 0 Å². The van der Waals surface area contributed by atoms with E-state index in [1.807, 2.05) is 0 Å². The molecule has 11 heavy (non-hydrogen) atoms. The first-order valence-corrected chi connectivity index (χ1v) is 6.02. The van der Waals surface area contributed by atoms with E-state index in [0.717, 1.165) is 25.9 Å². The van der Waals surface area contributed by atoms with E-state index in [-0.39, 0.29) is 0 Å². The second-order valence-corrected chi connectivity index (χ2v) is 5.54. The molecule has 1 fully saturated rings. The number of hydrogen-bond donors (Lipinski definition) is 1. The van der Waals surface area contributed by atoms with E-state index in [1.165, 1.54) is 6.26 Å². The molecule has 3 nitrogen and oxygen atoms in total. The summed E-state index contributed by atoms with van der Waals surface area (Å²) in [5.74, 6) is 0.934. The molecule has 0 saturated carbocycles. The Morgan fingerprint density at radius 1 is 1.55 bits per heavy atom. The molecule has 1 aliphatic heterocycles. The van der Waals surface area contributed by atoms with E-state index in [1.54, 1.807) is 0 Å². The number of rotatable bonds is 3. The molecular weight excluding hydrogens is 162 g/mol. The van der Waals surface area contributed by atoms with Crippen molar-refractivity contribution in [3.63, 3.8) is 0 Å². The highest BCUT2D eigenvalue weighted by atomic mass is 32.2. The fourth-order valence-corrected chi connectivity index (χ4v) is 2.10. The average molecular weight is 177 g/mol. The predicted octanol–water partition coefficient (Wildman–Crippen LogP) is 0.0306. The molecule has 0 aliphatic carbocycles. The lowest BCUT2D eigenvalue weighted by molar-refractivity contribution is 0.548. The summed E-state index contributed by atoms with van der Waals surface area (Å²) < 4.78 is 21.5. The standard InChI is InChI=1S/C7H15NO2S/c1-11(9,10)5-3-7-2-4-8-6-7/h7-8H,2-6H2,1H3. The SMILES string of the molecule is CS(=O)(=O)CCC1CCNC1. The van der Waals surface area contributed by atoms with Crippen LogP contribution in [0.15, 0.2) is 0 Å². The molecular formula is C7H15NO2S. The molecule has 1 heterocycles. The topological polar surface area (TPSA) is 46.2 Å². The van der Waals surface area contributed by atoms with Gasteiger partial charge in [0.2, 0.25) is 0 Å². The third-order valence-corrected chi connectivity index (χ3v) is 3.04. The Kier molecular flexibility index (Phi) is 2.90. The van der Waals surface area contributed by atoms with Gasteiger partial charge < -0.3 is 5.32 Å². The normalized spacial score (nSPS) is 25.7. The molecule has 0 aromatic heterocycles. The van der Waals surface area contributed by atoms with Crippen LogP contribution in [-0.2, 0) is 9.84 Å². The molecule has 4 heteroatoms. The van der Waals surface area contributed by atoms with Gasteiger partial charge in [0.25, 0.3) is 0 Å². The molecule has 66 valence electrons. The minimum atomic E-state index is -2.74. The van der Waals surface area contributed by atoms with Gasteiger partial charge in [-0.15, -0.1) is 0 Å². The van der Waals surface area contributed by atoms with Crippen molar-refractivity contribution in [2.75, 3.05) is 25.1 Å².